The fourth-order valence-electron chi connectivity index (χ4n) is 4.04. The molecule has 0 spiro atoms. The lowest BCUT2D eigenvalue weighted by atomic mass is 10.0. The largest absolute Gasteiger partial charge is 0.471 e. The molecule has 0 fully saturated rings. The van der Waals surface area contributed by atoms with Crippen LogP contribution in [0.15, 0.2) is 42.7 Å². The Hall–Kier alpha value is -4.43. The Morgan fingerprint density at radius 2 is 1.98 bits per heavy atom. The molecule has 1 aromatic carbocycles. The van der Waals surface area contributed by atoms with Crippen molar-refractivity contribution in [3.8, 4) is 16.9 Å². The van der Waals surface area contributed by atoms with E-state index in [1.807, 2.05) is 0 Å². The van der Waals surface area contributed by atoms with Crippen molar-refractivity contribution in [1.29, 1.82) is 0 Å². The SMILES string of the molecule is Cc1nn(C)cc1-c1cc(C(F)F)nc2sc(C(N)=O)c(NC(=O)c3ccn(COc4ccc(F)c(Cl)c4)n3)c12. The van der Waals surface area contributed by atoms with E-state index in [0.29, 0.717) is 16.8 Å². The molecule has 0 unspecified atom stereocenters. The average molecular weight is 590 g/mol. The Morgan fingerprint density at radius 3 is 2.62 bits per heavy atom. The second kappa shape index (κ2) is 10.6. The Kier molecular flexibility index (Phi) is 7.21. The van der Waals surface area contributed by atoms with E-state index in [0.717, 1.165) is 17.4 Å². The molecule has 0 aliphatic rings. The summed E-state index contributed by atoms with van der Waals surface area (Å²) in [6.45, 7) is 1.59. The monoisotopic (exact) mass is 589 g/mol. The van der Waals surface area contributed by atoms with Crippen molar-refractivity contribution in [2.45, 2.75) is 20.1 Å². The number of amides is 2. The van der Waals surface area contributed by atoms with Gasteiger partial charge >= 0.3 is 0 Å². The number of primary amides is 1. The molecular formula is C25H19ClF3N7O3S. The van der Waals surface area contributed by atoms with E-state index in [1.165, 1.54) is 39.8 Å². The summed E-state index contributed by atoms with van der Waals surface area (Å²) in [4.78, 5) is 29.6. The molecule has 5 rings (SSSR count). The third-order valence-corrected chi connectivity index (χ3v) is 7.19. The number of pyridine rings is 1. The van der Waals surface area contributed by atoms with Gasteiger partial charge in [-0.15, -0.1) is 11.3 Å². The summed E-state index contributed by atoms with van der Waals surface area (Å²) >= 11 is 6.55. The van der Waals surface area contributed by atoms with Gasteiger partial charge in [-0.3, -0.25) is 14.3 Å². The summed E-state index contributed by atoms with van der Waals surface area (Å²) in [6.07, 6.45) is 0.235. The van der Waals surface area contributed by atoms with Gasteiger partial charge in [-0.25, -0.2) is 22.8 Å². The molecule has 15 heteroatoms. The summed E-state index contributed by atoms with van der Waals surface area (Å²) in [7, 11) is 1.68. The number of aryl methyl sites for hydroxylation is 2. The van der Waals surface area contributed by atoms with Crippen LogP contribution in [0.1, 0.15) is 38.0 Å². The topological polar surface area (TPSA) is 130 Å². The number of anilines is 1. The fourth-order valence-corrected chi connectivity index (χ4v) is 5.22. The van der Waals surface area contributed by atoms with E-state index in [4.69, 9.17) is 22.1 Å². The van der Waals surface area contributed by atoms with Crippen LogP contribution in [0.25, 0.3) is 21.3 Å². The van der Waals surface area contributed by atoms with Crippen LogP contribution >= 0.6 is 22.9 Å². The van der Waals surface area contributed by atoms with Gasteiger partial charge in [0.1, 0.15) is 27.0 Å². The lowest BCUT2D eigenvalue weighted by Gasteiger charge is -2.10. The maximum Gasteiger partial charge on any atom is 0.280 e. The van der Waals surface area contributed by atoms with Gasteiger partial charge in [0.25, 0.3) is 18.2 Å². The quantitative estimate of drug-likeness (QED) is 0.252. The number of halogens is 4. The smallest absolute Gasteiger partial charge is 0.280 e. The van der Waals surface area contributed by atoms with E-state index in [9.17, 15) is 22.8 Å². The molecule has 10 nitrogen and oxygen atoms in total. The average Bonchev–Trinajstić information content (AvgIpc) is 3.61. The summed E-state index contributed by atoms with van der Waals surface area (Å²) in [5.74, 6) is -1.87. The zero-order chi connectivity index (χ0) is 28.7. The van der Waals surface area contributed by atoms with Crippen molar-refractivity contribution in [1.82, 2.24) is 24.5 Å². The molecule has 5 aromatic rings. The van der Waals surface area contributed by atoms with Crippen molar-refractivity contribution in [2.24, 2.45) is 12.8 Å². The number of nitrogens with two attached hydrogens (primary N) is 1. The highest BCUT2D eigenvalue weighted by molar-refractivity contribution is 7.21. The van der Waals surface area contributed by atoms with Crippen LogP contribution in [0, 0.1) is 12.7 Å². The van der Waals surface area contributed by atoms with Crippen molar-refractivity contribution in [3.05, 3.63) is 75.5 Å². The van der Waals surface area contributed by atoms with Gasteiger partial charge in [0, 0.05) is 36.5 Å². The first-order valence-electron chi connectivity index (χ1n) is 11.5. The molecule has 4 aromatic heterocycles. The lowest BCUT2D eigenvalue weighted by Crippen LogP contribution is -2.18. The number of carbonyl (C=O) groups is 2. The number of rotatable bonds is 8. The number of ether oxygens (including phenoxy) is 1. The maximum atomic E-state index is 13.7. The molecule has 2 amide bonds. The molecular weight excluding hydrogens is 571 g/mol. The van der Waals surface area contributed by atoms with Crippen molar-refractivity contribution < 1.29 is 27.5 Å². The van der Waals surface area contributed by atoms with E-state index in [-0.39, 0.29) is 44.0 Å². The van der Waals surface area contributed by atoms with Gasteiger partial charge < -0.3 is 15.8 Å². The van der Waals surface area contributed by atoms with E-state index in [2.05, 4.69) is 20.5 Å². The summed E-state index contributed by atoms with van der Waals surface area (Å²) in [6, 6.07) is 6.46. The molecule has 3 N–H and O–H groups in total. The molecule has 0 saturated heterocycles. The number of thiophene rings is 1. The van der Waals surface area contributed by atoms with Crippen LogP contribution in [0.3, 0.4) is 0 Å². The number of nitrogens with zero attached hydrogens (tertiary/aromatic N) is 5. The third kappa shape index (κ3) is 5.22. The predicted octanol–water partition coefficient (Wildman–Crippen LogP) is 5.32. The molecule has 0 aliphatic carbocycles. The van der Waals surface area contributed by atoms with Gasteiger partial charge in [-0.1, -0.05) is 11.6 Å². The number of hydrogen-bond acceptors (Lipinski definition) is 7. The van der Waals surface area contributed by atoms with Crippen molar-refractivity contribution in [2.75, 3.05) is 5.32 Å². The number of alkyl halides is 2. The van der Waals surface area contributed by atoms with E-state index >= 15 is 0 Å². The van der Waals surface area contributed by atoms with Crippen LogP contribution in [0.5, 0.6) is 5.75 Å². The first-order chi connectivity index (χ1) is 19.0. The first-order valence-corrected chi connectivity index (χ1v) is 12.7. The molecule has 4 heterocycles. The maximum absolute atomic E-state index is 13.7. The highest BCUT2D eigenvalue weighted by atomic mass is 35.5. The number of fused-ring (bicyclic) bond motifs is 1. The van der Waals surface area contributed by atoms with Gasteiger partial charge in [-0.05, 0) is 36.8 Å². The molecule has 0 saturated carbocycles. The van der Waals surface area contributed by atoms with Gasteiger partial charge in [0.2, 0.25) is 0 Å². The molecule has 40 heavy (non-hydrogen) atoms. The molecule has 0 radical (unpaired) electrons. The van der Waals surface area contributed by atoms with Crippen molar-refractivity contribution >= 4 is 50.7 Å². The predicted molar refractivity (Wildman–Crippen MR) is 142 cm³/mol. The second-order valence-electron chi connectivity index (χ2n) is 8.59. The highest BCUT2D eigenvalue weighted by Crippen LogP contribution is 2.43. The summed E-state index contributed by atoms with van der Waals surface area (Å²) in [5, 5.41) is 11.3. The Morgan fingerprint density at radius 1 is 1.20 bits per heavy atom. The van der Waals surface area contributed by atoms with E-state index in [1.54, 1.807) is 20.2 Å². The lowest BCUT2D eigenvalue weighted by molar-refractivity contribution is 0.100. The molecule has 0 aliphatic heterocycles. The third-order valence-electron chi connectivity index (χ3n) is 5.80. The van der Waals surface area contributed by atoms with Gasteiger partial charge in [0.05, 0.1) is 16.4 Å². The molecule has 0 atom stereocenters. The van der Waals surface area contributed by atoms with E-state index < -0.39 is 29.8 Å². The Bertz CT molecular complexity index is 1780. The van der Waals surface area contributed by atoms with Gasteiger partial charge in [-0.2, -0.15) is 10.2 Å². The Balaban J connectivity index is 1.50. The van der Waals surface area contributed by atoms with Crippen LogP contribution < -0.4 is 15.8 Å². The normalized spacial score (nSPS) is 11.4. The number of nitrogens with one attached hydrogen (secondary N) is 1. The minimum Gasteiger partial charge on any atom is -0.471 e. The van der Waals surface area contributed by atoms with Crippen molar-refractivity contribution in [3.63, 3.8) is 0 Å². The zero-order valence-corrected chi connectivity index (χ0v) is 22.4. The summed E-state index contributed by atoms with van der Waals surface area (Å²) in [5.41, 5.74) is 6.45. The van der Waals surface area contributed by atoms with Crippen LogP contribution in [0.4, 0.5) is 18.9 Å². The molecule has 206 valence electrons. The standard InChI is InChI=1S/C25H19ClF3N7O3S/c1-11-14(9-35(2)33-11)13-8-18(22(28)29)31-25-19(13)20(21(40-25)23(30)37)32-24(38)17-5-6-36(34-17)10-39-12-3-4-16(27)15(26)7-12/h3-9,22H,10H2,1-2H3,(H2,30,37)(H,32,38). The highest BCUT2D eigenvalue weighted by Gasteiger charge is 2.26. The first kappa shape index (κ1) is 27.1. The number of carbonyl (C=O) groups excluding carboxylic acids is 2. The Labute approximate surface area is 233 Å². The second-order valence-corrected chi connectivity index (χ2v) is 10.00. The number of benzene rings is 1. The molecule has 0 bridgehead atoms. The minimum atomic E-state index is -2.88. The van der Waals surface area contributed by atoms with Crippen LogP contribution in [-0.4, -0.2) is 36.4 Å². The fraction of sp³-hybridized carbons (Fsp3) is 0.160. The zero-order valence-electron chi connectivity index (χ0n) is 20.8. The minimum absolute atomic E-state index is 0.0239. The van der Waals surface area contributed by atoms with Crippen LogP contribution in [-0.2, 0) is 13.8 Å². The number of aromatic nitrogens is 5. The van der Waals surface area contributed by atoms with Crippen LogP contribution in [0.2, 0.25) is 5.02 Å². The summed E-state index contributed by atoms with van der Waals surface area (Å²) < 4.78 is 49.2. The van der Waals surface area contributed by atoms with Gasteiger partial charge in [0.15, 0.2) is 12.4 Å². The number of hydrogen-bond donors (Lipinski definition) is 2.